The molecule has 0 aliphatic rings. The molecule has 0 saturated carbocycles. The number of esters is 4. The quantitative estimate of drug-likeness (QED) is 0.0968. The second kappa shape index (κ2) is 16.4. The molecule has 0 heterocycles. The highest BCUT2D eigenvalue weighted by Gasteiger charge is 2.18. The van der Waals surface area contributed by atoms with Crippen LogP contribution in [0.2, 0.25) is 0 Å². The third kappa shape index (κ3) is 10.7. The van der Waals surface area contributed by atoms with Gasteiger partial charge in [0.2, 0.25) is 20.0 Å². The first-order chi connectivity index (χ1) is 22.3. The second-order valence-electron chi connectivity index (χ2n) is 9.29. The fourth-order valence-electron chi connectivity index (χ4n) is 3.60. The largest absolute Gasteiger partial charge is 0.461 e. The predicted octanol–water partition coefficient (Wildman–Crippen LogP) is 2.45. The average Bonchev–Trinajstić information content (AvgIpc) is 3.06. The SMILES string of the molecule is C=CC(=O)OCCNS(=O)(=O)c1ccc(C(=O)Oc2ccc(OC(=O)c3ccc(S(=O)(=O)NCCOC(=O)C=C)cc3)c(C)c2)cc1. The Bertz CT molecular complexity index is 1870. The van der Waals surface area contributed by atoms with Crippen molar-refractivity contribution in [1.29, 1.82) is 0 Å². The van der Waals surface area contributed by atoms with Crippen LogP contribution in [0.4, 0.5) is 0 Å². The van der Waals surface area contributed by atoms with Crippen molar-refractivity contribution < 1.29 is 55.0 Å². The molecule has 0 amide bonds. The summed E-state index contributed by atoms with van der Waals surface area (Å²) in [7, 11) is -7.86. The fourth-order valence-corrected chi connectivity index (χ4v) is 5.63. The molecule has 0 fully saturated rings. The van der Waals surface area contributed by atoms with E-state index in [1.807, 2.05) is 0 Å². The minimum atomic E-state index is -3.93. The lowest BCUT2D eigenvalue weighted by molar-refractivity contribution is -0.138. The Labute approximate surface area is 271 Å². The molecule has 248 valence electrons. The maximum atomic E-state index is 12.7. The molecule has 0 aliphatic carbocycles. The van der Waals surface area contributed by atoms with Gasteiger partial charge in [0.1, 0.15) is 24.7 Å². The Morgan fingerprint density at radius 1 is 0.660 bits per heavy atom. The maximum absolute atomic E-state index is 12.7. The van der Waals surface area contributed by atoms with Crippen LogP contribution in [0.3, 0.4) is 0 Å². The molecule has 0 atom stereocenters. The summed E-state index contributed by atoms with van der Waals surface area (Å²) in [6.45, 7) is 7.38. The van der Waals surface area contributed by atoms with E-state index in [2.05, 4.69) is 22.6 Å². The summed E-state index contributed by atoms with van der Waals surface area (Å²) in [5, 5.41) is 0. The molecular weight excluding hydrogens is 656 g/mol. The van der Waals surface area contributed by atoms with Crippen molar-refractivity contribution in [3.8, 4) is 11.5 Å². The number of benzene rings is 3. The van der Waals surface area contributed by atoms with Crippen molar-refractivity contribution in [2.24, 2.45) is 0 Å². The molecule has 14 nitrogen and oxygen atoms in total. The summed E-state index contributed by atoms with van der Waals surface area (Å²) in [4.78, 5) is 47.2. The van der Waals surface area contributed by atoms with Gasteiger partial charge >= 0.3 is 23.9 Å². The van der Waals surface area contributed by atoms with Gasteiger partial charge < -0.3 is 18.9 Å². The van der Waals surface area contributed by atoms with Crippen molar-refractivity contribution in [2.45, 2.75) is 16.7 Å². The number of ether oxygens (including phenoxy) is 4. The van der Waals surface area contributed by atoms with E-state index in [0.29, 0.717) is 5.56 Å². The lowest BCUT2D eigenvalue weighted by Gasteiger charge is -2.11. The van der Waals surface area contributed by atoms with Crippen molar-refractivity contribution in [3.63, 3.8) is 0 Å². The Morgan fingerprint density at radius 2 is 1.09 bits per heavy atom. The van der Waals surface area contributed by atoms with Gasteiger partial charge in [-0.25, -0.2) is 45.5 Å². The number of carbonyl (C=O) groups excluding carboxylic acids is 4. The van der Waals surface area contributed by atoms with E-state index in [0.717, 1.165) is 12.2 Å². The molecule has 47 heavy (non-hydrogen) atoms. The van der Waals surface area contributed by atoms with E-state index in [-0.39, 0.29) is 58.7 Å². The van der Waals surface area contributed by atoms with Crippen LogP contribution in [0.15, 0.2) is 102 Å². The third-order valence-corrected chi connectivity index (χ3v) is 8.92. The predicted molar refractivity (Wildman–Crippen MR) is 167 cm³/mol. The molecule has 0 aliphatic heterocycles. The van der Waals surface area contributed by atoms with Crippen LogP contribution < -0.4 is 18.9 Å². The van der Waals surface area contributed by atoms with Gasteiger partial charge in [0.05, 0.1) is 20.9 Å². The van der Waals surface area contributed by atoms with Crippen molar-refractivity contribution in [2.75, 3.05) is 26.3 Å². The molecule has 0 saturated heterocycles. The topological polar surface area (TPSA) is 198 Å². The van der Waals surface area contributed by atoms with Crippen molar-refractivity contribution in [3.05, 3.63) is 109 Å². The van der Waals surface area contributed by atoms with Crippen LogP contribution in [-0.2, 0) is 39.1 Å². The number of hydrogen-bond acceptors (Lipinski definition) is 12. The summed E-state index contributed by atoms with van der Waals surface area (Å²) >= 11 is 0. The Morgan fingerprint density at radius 3 is 1.49 bits per heavy atom. The van der Waals surface area contributed by atoms with Gasteiger partial charge in [0.15, 0.2) is 0 Å². The summed E-state index contributed by atoms with van der Waals surface area (Å²) in [6.07, 6.45) is 1.91. The smallest absolute Gasteiger partial charge is 0.343 e. The lowest BCUT2D eigenvalue weighted by Crippen LogP contribution is -2.28. The number of sulfonamides is 2. The van der Waals surface area contributed by atoms with Crippen LogP contribution in [0.1, 0.15) is 26.3 Å². The average molecular weight is 687 g/mol. The number of aryl methyl sites for hydroxylation is 1. The molecule has 3 aromatic rings. The lowest BCUT2D eigenvalue weighted by atomic mass is 10.2. The minimum Gasteiger partial charge on any atom is -0.461 e. The molecule has 3 aromatic carbocycles. The van der Waals surface area contributed by atoms with E-state index in [1.54, 1.807) is 6.92 Å². The van der Waals surface area contributed by atoms with Gasteiger partial charge in [0, 0.05) is 25.2 Å². The van der Waals surface area contributed by atoms with Crippen LogP contribution in [-0.4, -0.2) is 67.0 Å². The summed E-state index contributed by atoms with van der Waals surface area (Å²) in [5.74, 6) is -2.63. The Balaban J connectivity index is 1.56. The highest BCUT2D eigenvalue weighted by molar-refractivity contribution is 7.89. The zero-order chi connectivity index (χ0) is 34.6. The molecule has 0 aromatic heterocycles. The Hall–Kier alpha value is -5.16. The molecule has 0 spiro atoms. The van der Waals surface area contributed by atoms with Gasteiger partial charge in [-0.15, -0.1) is 0 Å². The van der Waals surface area contributed by atoms with Gasteiger partial charge in [-0.2, -0.15) is 0 Å². The van der Waals surface area contributed by atoms with Crippen molar-refractivity contribution in [1.82, 2.24) is 9.44 Å². The third-order valence-electron chi connectivity index (χ3n) is 5.97. The standard InChI is InChI=1S/C31H30N2O12S2/c1-4-28(34)42-18-16-32-46(38,39)25-11-6-22(7-12-25)30(36)44-24-10-15-27(21(3)20-24)45-31(37)23-8-13-26(14-9-23)47(40,41)33-17-19-43-29(35)5-2/h4-15,20,32-33H,1-2,16-19H2,3H3. The minimum absolute atomic E-state index is 0.0637. The molecular formula is C31H30N2O12S2. The van der Waals surface area contributed by atoms with E-state index in [9.17, 15) is 36.0 Å². The first-order valence-corrected chi connectivity index (χ1v) is 16.5. The monoisotopic (exact) mass is 686 g/mol. The van der Waals surface area contributed by atoms with Crippen molar-refractivity contribution >= 4 is 43.9 Å². The first kappa shape index (κ1) is 36.3. The summed E-state index contributed by atoms with van der Waals surface area (Å²) in [5.41, 5.74) is 0.569. The van der Waals surface area contributed by atoms with Gasteiger partial charge in [-0.3, -0.25) is 0 Å². The number of hydrogen-bond donors (Lipinski definition) is 2. The van der Waals surface area contributed by atoms with Crippen LogP contribution in [0.25, 0.3) is 0 Å². The van der Waals surface area contributed by atoms with Crippen LogP contribution >= 0.6 is 0 Å². The van der Waals surface area contributed by atoms with E-state index in [4.69, 9.17) is 18.9 Å². The number of rotatable bonds is 16. The summed E-state index contributed by atoms with van der Waals surface area (Å²) < 4.78 is 74.4. The second-order valence-corrected chi connectivity index (χ2v) is 12.8. The normalized spacial score (nSPS) is 11.2. The van der Waals surface area contributed by atoms with Gasteiger partial charge in [-0.05, 0) is 79.2 Å². The maximum Gasteiger partial charge on any atom is 0.343 e. The molecule has 0 bridgehead atoms. The number of nitrogens with one attached hydrogen (secondary N) is 2. The first-order valence-electron chi connectivity index (χ1n) is 13.6. The van der Waals surface area contributed by atoms with E-state index in [1.165, 1.54) is 66.7 Å². The molecule has 0 radical (unpaired) electrons. The van der Waals surface area contributed by atoms with E-state index < -0.39 is 43.9 Å². The molecule has 16 heteroatoms. The highest BCUT2D eigenvalue weighted by Crippen LogP contribution is 2.25. The molecule has 3 rings (SSSR count). The number of carbonyl (C=O) groups is 4. The molecule has 0 unspecified atom stereocenters. The fraction of sp³-hybridized carbons (Fsp3) is 0.161. The highest BCUT2D eigenvalue weighted by atomic mass is 32.2. The molecule has 2 N–H and O–H groups in total. The van der Waals surface area contributed by atoms with E-state index >= 15 is 0 Å². The Kier molecular flexibility index (Phi) is 12.7. The van der Waals surface area contributed by atoms with Crippen LogP contribution in [0.5, 0.6) is 11.5 Å². The van der Waals surface area contributed by atoms with Gasteiger partial charge in [0.25, 0.3) is 0 Å². The summed E-state index contributed by atoms with van der Waals surface area (Å²) in [6, 6.07) is 14.2. The van der Waals surface area contributed by atoms with Crippen LogP contribution in [0, 0.1) is 6.92 Å². The zero-order valence-corrected chi connectivity index (χ0v) is 26.6. The van der Waals surface area contributed by atoms with Gasteiger partial charge in [-0.1, -0.05) is 13.2 Å². The zero-order valence-electron chi connectivity index (χ0n) is 25.0.